The first kappa shape index (κ1) is 11.7. The first-order valence-corrected chi connectivity index (χ1v) is 5.76. The average molecular weight is 232 g/mol. The Morgan fingerprint density at radius 2 is 2.18 bits per heavy atom. The number of aliphatic hydroxyl groups excluding tert-OH is 1. The first-order valence-electron chi connectivity index (χ1n) is 5.76. The summed E-state index contributed by atoms with van der Waals surface area (Å²) in [5, 5.41) is 14.7. The zero-order valence-corrected chi connectivity index (χ0v) is 10.0. The molecule has 1 N–H and O–H groups in total. The van der Waals surface area contributed by atoms with Gasteiger partial charge >= 0.3 is 0 Å². The van der Waals surface area contributed by atoms with Crippen molar-refractivity contribution in [2.75, 3.05) is 0 Å². The maximum atomic E-state index is 10.2. The minimum Gasteiger partial charge on any atom is -0.380 e. The second-order valence-corrected chi connectivity index (χ2v) is 3.76. The van der Waals surface area contributed by atoms with Gasteiger partial charge in [0, 0.05) is 18.9 Å². The Hall–Kier alpha value is -1.75. The minimum absolute atomic E-state index is 0.546. The van der Waals surface area contributed by atoms with Crippen LogP contribution in [0.1, 0.15) is 37.0 Å². The van der Waals surface area contributed by atoms with Crippen LogP contribution in [0.25, 0.3) is 0 Å². The van der Waals surface area contributed by atoms with Gasteiger partial charge in [0.2, 0.25) is 0 Å². The molecule has 0 spiro atoms. The molecule has 0 radical (unpaired) electrons. The lowest BCUT2D eigenvalue weighted by atomic mass is 10.1. The van der Waals surface area contributed by atoms with Gasteiger partial charge in [0.15, 0.2) is 0 Å². The van der Waals surface area contributed by atoms with E-state index in [1.165, 1.54) is 0 Å². The molecular weight excluding hydrogens is 216 g/mol. The van der Waals surface area contributed by atoms with Crippen LogP contribution in [-0.2, 0) is 13.0 Å². The highest BCUT2D eigenvalue weighted by Gasteiger charge is 2.17. The molecule has 0 bridgehead atoms. The highest BCUT2D eigenvalue weighted by atomic mass is 16.3. The molecule has 0 aromatic carbocycles. The minimum atomic E-state index is -0.767. The molecule has 2 aromatic heterocycles. The molecule has 1 atom stereocenters. The van der Waals surface area contributed by atoms with Crippen molar-refractivity contribution < 1.29 is 5.11 Å². The fourth-order valence-electron chi connectivity index (χ4n) is 1.74. The Kier molecular flexibility index (Phi) is 3.49. The van der Waals surface area contributed by atoms with Gasteiger partial charge in [-0.2, -0.15) is 5.10 Å². The summed E-state index contributed by atoms with van der Waals surface area (Å²) in [6.45, 7) is 4.77. The molecule has 2 aromatic rings. The van der Waals surface area contributed by atoms with Crippen LogP contribution in [0.2, 0.25) is 0 Å². The van der Waals surface area contributed by atoms with E-state index in [0.717, 1.165) is 24.4 Å². The Morgan fingerprint density at radius 1 is 1.35 bits per heavy atom. The molecule has 0 aliphatic rings. The topological polar surface area (TPSA) is 63.8 Å². The number of aromatic nitrogens is 4. The van der Waals surface area contributed by atoms with Crippen molar-refractivity contribution in [3.63, 3.8) is 0 Å². The SMILES string of the molecule is CCc1cc(C(O)c2cnccn2)n(CC)n1. The average Bonchev–Trinajstić information content (AvgIpc) is 2.82. The van der Waals surface area contributed by atoms with Crippen LogP contribution in [-0.4, -0.2) is 24.9 Å². The normalized spacial score (nSPS) is 12.6. The summed E-state index contributed by atoms with van der Waals surface area (Å²) in [7, 11) is 0. The summed E-state index contributed by atoms with van der Waals surface area (Å²) in [5.74, 6) is 0. The number of hydrogen-bond acceptors (Lipinski definition) is 4. The molecule has 5 heteroatoms. The summed E-state index contributed by atoms with van der Waals surface area (Å²) in [6.07, 6.45) is 4.82. The third-order valence-electron chi connectivity index (χ3n) is 2.67. The van der Waals surface area contributed by atoms with Gasteiger partial charge in [-0.05, 0) is 19.4 Å². The summed E-state index contributed by atoms with van der Waals surface area (Å²) in [5.41, 5.74) is 2.29. The fraction of sp³-hybridized carbons (Fsp3) is 0.417. The lowest BCUT2D eigenvalue weighted by molar-refractivity contribution is 0.202. The van der Waals surface area contributed by atoms with E-state index in [-0.39, 0.29) is 0 Å². The van der Waals surface area contributed by atoms with Gasteiger partial charge < -0.3 is 5.11 Å². The number of rotatable bonds is 4. The van der Waals surface area contributed by atoms with Crippen molar-refractivity contribution in [3.05, 3.63) is 41.7 Å². The molecule has 2 heterocycles. The van der Waals surface area contributed by atoms with Gasteiger partial charge in [-0.25, -0.2) is 0 Å². The largest absolute Gasteiger partial charge is 0.380 e. The third-order valence-corrected chi connectivity index (χ3v) is 2.67. The third kappa shape index (κ3) is 2.34. The van der Waals surface area contributed by atoms with Gasteiger partial charge in [-0.3, -0.25) is 14.6 Å². The van der Waals surface area contributed by atoms with Crippen molar-refractivity contribution in [1.82, 2.24) is 19.7 Å². The van der Waals surface area contributed by atoms with Crippen LogP contribution in [0, 0.1) is 0 Å². The molecule has 2 rings (SSSR count). The van der Waals surface area contributed by atoms with E-state index in [0.29, 0.717) is 5.69 Å². The summed E-state index contributed by atoms with van der Waals surface area (Å²) >= 11 is 0. The predicted octanol–water partition coefficient (Wildman–Crippen LogP) is 1.34. The molecule has 0 saturated carbocycles. The summed E-state index contributed by atoms with van der Waals surface area (Å²) in [6, 6.07) is 1.92. The lowest BCUT2D eigenvalue weighted by Crippen LogP contribution is -2.10. The second kappa shape index (κ2) is 5.05. The van der Waals surface area contributed by atoms with E-state index >= 15 is 0 Å². The molecule has 17 heavy (non-hydrogen) atoms. The number of nitrogens with zero attached hydrogens (tertiary/aromatic N) is 4. The van der Waals surface area contributed by atoms with Crippen LogP contribution >= 0.6 is 0 Å². The highest BCUT2D eigenvalue weighted by Crippen LogP contribution is 2.20. The standard InChI is InChI=1S/C12H16N4O/c1-3-9-7-11(16(4-2)15-9)12(17)10-8-13-5-6-14-10/h5-8,12,17H,3-4H2,1-2H3. The number of aryl methyl sites for hydroxylation is 2. The predicted molar refractivity (Wildman–Crippen MR) is 63.4 cm³/mol. The van der Waals surface area contributed by atoms with Gasteiger partial charge in [0.25, 0.3) is 0 Å². The molecule has 1 unspecified atom stereocenters. The molecule has 0 fully saturated rings. The maximum Gasteiger partial charge on any atom is 0.139 e. The van der Waals surface area contributed by atoms with E-state index in [2.05, 4.69) is 15.1 Å². The molecule has 0 saturated heterocycles. The monoisotopic (exact) mass is 232 g/mol. The maximum absolute atomic E-state index is 10.2. The lowest BCUT2D eigenvalue weighted by Gasteiger charge is -2.10. The number of aliphatic hydroxyl groups is 1. The van der Waals surface area contributed by atoms with Gasteiger partial charge in [-0.15, -0.1) is 0 Å². The van der Waals surface area contributed by atoms with Crippen molar-refractivity contribution in [2.45, 2.75) is 32.9 Å². The molecule has 0 aliphatic carbocycles. The van der Waals surface area contributed by atoms with Crippen LogP contribution in [0.3, 0.4) is 0 Å². The smallest absolute Gasteiger partial charge is 0.139 e. The molecule has 0 aliphatic heterocycles. The molecule has 0 amide bonds. The molecule has 90 valence electrons. The highest BCUT2D eigenvalue weighted by molar-refractivity contribution is 5.20. The van der Waals surface area contributed by atoms with E-state index in [4.69, 9.17) is 0 Å². The zero-order chi connectivity index (χ0) is 12.3. The Bertz CT molecular complexity index is 481. The van der Waals surface area contributed by atoms with Crippen molar-refractivity contribution in [1.29, 1.82) is 0 Å². The Morgan fingerprint density at radius 3 is 2.76 bits per heavy atom. The van der Waals surface area contributed by atoms with Crippen LogP contribution in [0.5, 0.6) is 0 Å². The zero-order valence-electron chi connectivity index (χ0n) is 10.0. The van der Waals surface area contributed by atoms with Crippen molar-refractivity contribution in [3.8, 4) is 0 Å². The second-order valence-electron chi connectivity index (χ2n) is 3.76. The summed E-state index contributed by atoms with van der Waals surface area (Å²) in [4.78, 5) is 8.07. The van der Waals surface area contributed by atoms with Crippen LogP contribution in [0.15, 0.2) is 24.7 Å². The molecular formula is C12H16N4O. The Labute approximate surface area is 100 Å². The van der Waals surface area contributed by atoms with Gasteiger partial charge in [0.1, 0.15) is 6.10 Å². The van der Waals surface area contributed by atoms with Gasteiger partial charge in [-0.1, -0.05) is 6.92 Å². The van der Waals surface area contributed by atoms with Crippen molar-refractivity contribution >= 4 is 0 Å². The van der Waals surface area contributed by atoms with Crippen molar-refractivity contribution in [2.24, 2.45) is 0 Å². The quantitative estimate of drug-likeness (QED) is 0.864. The fourth-order valence-corrected chi connectivity index (χ4v) is 1.74. The van der Waals surface area contributed by atoms with E-state index < -0.39 is 6.10 Å². The number of hydrogen-bond donors (Lipinski definition) is 1. The first-order chi connectivity index (χ1) is 8.26. The van der Waals surface area contributed by atoms with E-state index in [1.54, 1.807) is 23.3 Å². The van der Waals surface area contributed by atoms with E-state index in [1.807, 2.05) is 19.9 Å². The van der Waals surface area contributed by atoms with E-state index in [9.17, 15) is 5.11 Å². The van der Waals surface area contributed by atoms with Crippen LogP contribution in [0.4, 0.5) is 0 Å². The van der Waals surface area contributed by atoms with Gasteiger partial charge in [0.05, 0.1) is 23.3 Å². The Balaban J connectivity index is 2.36. The summed E-state index contributed by atoms with van der Waals surface area (Å²) < 4.78 is 1.80. The van der Waals surface area contributed by atoms with Crippen LogP contribution < -0.4 is 0 Å². The molecule has 5 nitrogen and oxygen atoms in total.